The molecule has 5 nitrogen and oxygen atoms in total. The molecule has 3 N–H and O–H groups in total. The van der Waals surface area contributed by atoms with E-state index in [9.17, 15) is 12.8 Å². The molecule has 1 aromatic heterocycles. The Morgan fingerprint density at radius 1 is 1.43 bits per heavy atom. The Hall–Kier alpha value is -1.38. The number of nitrogens with zero attached hydrogens (tertiary/aromatic N) is 1. The number of rotatable bonds is 4. The number of anilines is 2. The first-order valence-electron chi connectivity index (χ1n) is 5.93. The van der Waals surface area contributed by atoms with Gasteiger partial charge in [-0.2, -0.15) is 0 Å². The van der Waals surface area contributed by atoms with E-state index in [2.05, 4.69) is 9.71 Å². The van der Waals surface area contributed by atoms with Crippen molar-refractivity contribution in [1.29, 1.82) is 0 Å². The molecule has 0 atom stereocenters. The van der Waals surface area contributed by atoms with E-state index in [1.807, 2.05) is 13.8 Å². The number of halogens is 2. The first kappa shape index (κ1) is 16.0. The summed E-state index contributed by atoms with van der Waals surface area (Å²) in [6.07, 6.45) is 0. The Kier molecular flexibility index (Phi) is 4.40. The molecule has 2 rings (SSSR count). The third-order valence-corrected chi connectivity index (χ3v) is 5.16. The highest BCUT2D eigenvalue weighted by Gasteiger charge is 2.23. The molecule has 0 aliphatic heterocycles. The molecule has 0 aliphatic carbocycles. The molecule has 114 valence electrons. The van der Waals surface area contributed by atoms with Crippen molar-refractivity contribution in [2.75, 3.05) is 10.5 Å². The van der Waals surface area contributed by atoms with Crippen LogP contribution in [0.1, 0.15) is 25.5 Å². The lowest BCUT2D eigenvalue weighted by Crippen LogP contribution is -2.15. The average Bonchev–Trinajstić information content (AvgIpc) is 2.81. The van der Waals surface area contributed by atoms with Crippen molar-refractivity contribution in [1.82, 2.24) is 4.98 Å². The summed E-state index contributed by atoms with van der Waals surface area (Å²) in [7, 11) is -4.14. The zero-order chi connectivity index (χ0) is 15.8. The van der Waals surface area contributed by atoms with Crippen molar-refractivity contribution < 1.29 is 12.8 Å². The number of hydrogen-bond donors (Lipinski definition) is 2. The molecule has 0 radical (unpaired) electrons. The van der Waals surface area contributed by atoms with Crippen molar-refractivity contribution in [3.63, 3.8) is 0 Å². The smallest absolute Gasteiger partial charge is 0.266 e. The van der Waals surface area contributed by atoms with E-state index in [-0.39, 0.29) is 21.8 Å². The second kappa shape index (κ2) is 5.78. The van der Waals surface area contributed by atoms with Crippen LogP contribution >= 0.6 is 22.9 Å². The summed E-state index contributed by atoms with van der Waals surface area (Å²) in [5.41, 5.74) is 6.32. The summed E-state index contributed by atoms with van der Waals surface area (Å²) in [5.74, 6) is -0.878. The molecule has 1 aromatic carbocycles. The standard InChI is InChI=1S/C12H13ClFN3O2S2/c1-6(2)9-5-20-12(16-9)17-21(18,19)10-4-7(15)3-8(13)11(10)14/h3-6H,15H2,1-2H3,(H,16,17). The summed E-state index contributed by atoms with van der Waals surface area (Å²) in [6, 6.07) is 2.16. The molecule has 0 fully saturated rings. The minimum absolute atomic E-state index is 0.0591. The van der Waals surface area contributed by atoms with E-state index >= 15 is 0 Å². The molecule has 0 aliphatic rings. The highest BCUT2D eigenvalue weighted by molar-refractivity contribution is 7.93. The zero-order valence-corrected chi connectivity index (χ0v) is 13.6. The number of aromatic nitrogens is 1. The maximum Gasteiger partial charge on any atom is 0.266 e. The van der Waals surface area contributed by atoms with Gasteiger partial charge in [0, 0.05) is 11.1 Å². The topological polar surface area (TPSA) is 85.1 Å². The zero-order valence-electron chi connectivity index (χ0n) is 11.2. The van der Waals surface area contributed by atoms with Gasteiger partial charge in [-0.25, -0.2) is 17.8 Å². The van der Waals surface area contributed by atoms with Gasteiger partial charge in [-0.3, -0.25) is 4.72 Å². The monoisotopic (exact) mass is 349 g/mol. The van der Waals surface area contributed by atoms with Crippen LogP contribution in [-0.2, 0) is 10.0 Å². The van der Waals surface area contributed by atoms with E-state index in [0.29, 0.717) is 0 Å². The van der Waals surface area contributed by atoms with Crippen LogP contribution in [-0.4, -0.2) is 13.4 Å². The first-order valence-corrected chi connectivity index (χ1v) is 8.67. The van der Waals surface area contributed by atoms with Crippen molar-refractivity contribution in [3.8, 4) is 0 Å². The largest absolute Gasteiger partial charge is 0.399 e. The molecule has 1 heterocycles. The molecule has 0 bridgehead atoms. The normalized spacial score (nSPS) is 11.9. The molecule has 21 heavy (non-hydrogen) atoms. The number of nitrogens with one attached hydrogen (secondary N) is 1. The van der Waals surface area contributed by atoms with Gasteiger partial charge in [0.2, 0.25) is 0 Å². The molecule has 0 saturated heterocycles. The van der Waals surface area contributed by atoms with Gasteiger partial charge in [0.05, 0.1) is 10.7 Å². The van der Waals surface area contributed by atoms with E-state index in [0.717, 1.165) is 29.2 Å². The Bertz CT molecular complexity index is 775. The van der Waals surface area contributed by atoms with Gasteiger partial charge in [0.25, 0.3) is 10.0 Å². The predicted molar refractivity (Wildman–Crippen MR) is 82.8 cm³/mol. The number of benzene rings is 1. The lowest BCUT2D eigenvalue weighted by Gasteiger charge is -2.08. The molecule has 9 heteroatoms. The van der Waals surface area contributed by atoms with Crippen molar-refractivity contribution in [2.24, 2.45) is 0 Å². The van der Waals surface area contributed by atoms with Crippen LogP contribution in [0.2, 0.25) is 5.02 Å². The predicted octanol–water partition coefficient (Wildman–Crippen LogP) is 3.44. The van der Waals surface area contributed by atoms with Crippen molar-refractivity contribution in [3.05, 3.63) is 34.0 Å². The number of nitrogens with two attached hydrogens (primary N) is 1. The van der Waals surface area contributed by atoms with E-state index < -0.39 is 20.7 Å². The SMILES string of the molecule is CC(C)c1csc(NS(=O)(=O)c2cc(N)cc(Cl)c2F)n1. The summed E-state index contributed by atoms with van der Waals surface area (Å²) >= 11 is 6.74. The van der Waals surface area contributed by atoms with Crippen LogP contribution in [0.25, 0.3) is 0 Å². The second-order valence-electron chi connectivity index (χ2n) is 4.65. The molecule has 0 spiro atoms. The van der Waals surface area contributed by atoms with E-state index in [1.54, 1.807) is 5.38 Å². The van der Waals surface area contributed by atoms with E-state index in [1.165, 1.54) is 0 Å². The van der Waals surface area contributed by atoms with Crippen LogP contribution in [0.5, 0.6) is 0 Å². The maximum atomic E-state index is 13.9. The average molecular weight is 350 g/mol. The lowest BCUT2D eigenvalue weighted by atomic mass is 10.2. The highest BCUT2D eigenvalue weighted by Crippen LogP contribution is 2.28. The van der Waals surface area contributed by atoms with Crippen molar-refractivity contribution >= 4 is 43.8 Å². The van der Waals surface area contributed by atoms with Gasteiger partial charge in [-0.15, -0.1) is 11.3 Å². The maximum absolute atomic E-state index is 13.9. The highest BCUT2D eigenvalue weighted by atomic mass is 35.5. The third-order valence-electron chi connectivity index (χ3n) is 2.64. The number of nitrogen functional groups attached to an aromatic ring is 1. The number of sulfonamides is 1. The van der Waals surface area contributed by atoms with Crippen LogP contribution in [0, 0.1) is 5.82 Å². The Morgan fingerprint density at radius 2 is 2.10 bits per heavy atom. The summed E-state index contributed by atoms with van der Waals surface area (Å²) < 4.78 is 40.5. The van der Waals surface area contributed by atoms with Gasteiger partial charge in [-0.05, 0) is 18.1 Å². The van der Waals surface area contributed by atoms with Crippen molar-refractivity contribution in [2.45, 2.75) is 24.7 Å². The minimum Gasteiger partial charge on any atom is -0.399 e. The van der Waals surface area contributed by atoms with Gasteiger partial charge in [0.1, 0.15) is 4.90 Å². The Morgan fingerprint density at radius 3 is 2.67 bits per heavy atom. The lowest BCUT2D eigenvalue weighted by molar-refractivity contribution is 0.571. The van der Waals surface area contributed by atoms with Crippen LogP contribution in [0.15, 0.2) is 22.4 Å². The fraction of sp³-hybridized carbons (Fsp3) is 0.250. The number of hydrogen-bond acceptors (Lipinski definition) is 5. The van der Waals surface area contributed by atoms with Crippen LogP contribution in [0.3, 0.4) is 0 Å². The second-order valence-corrected chi connectivity index (χ2v) is 7.57. The summed E-state index contributed by atoms with van der Waals surface area (Å²) in [4.78, 5) is 3.53. The molecule has 0 unspecified atom stereocenters. The fourth-order valence-corrected chi connectivity index (χ4v) is 4.09. The summed E-state index contributed by atoms with van der Waals surface area (Å²) in [6.45, 7) is 3.87. The Balaban J connectivity index is 2.38. The van der Waals surface area contributed by atoms with E-state index in [4.69, 9.17) is 17.3 Å². The number of thiazole rings is 1. The molecular weight excluding hydrogens is 337 g/mol. The van der Waals surface area contributed by atoms with Gasteiger partial charge >= 0.3 is 0 Å². The molecule has 2 aromatic rings. The van der Waals surface area contributed by atoms with Crippen LogP contribution in [0.4, 0.5) is 15.2 Å². The molecule has 0 saturated carbocycles. The molecular formula is C12H13ClFN3O2S2. The first-order chi connectivity index (χ1) is 9.70. The van der Waals surface area contributed by atoms with Crippen LogP contribution < -0.4 is 10.5 Å². The summed E-state index contributed by atoms with van der Waals surface area (Å²) in [5, 5.41) is 1.56. The van der Waals surface area contributed by atoms with Gasteiger partial charge < -0.3 is 5.73 Å². The molecule has 0 amide bonds. The Labute approximate surface area is 131 Å². The van der Waals surface area contributed by atoms with Gasteiger partial charge in [0.15, 0.2) is 10.9 Å². The minimum atomic E-state index is -4.14. The quantitative estimate of drug-likeness (QED) is 0.828. The fourth-order valence-electron chi connectivity index (χ4n) is 1.55. The third kappa shape index (κ3) is 3.45. The van der Waals surface area contributed by atoms with Gasteiger partial charge in [-0.1, -0.05) is 25.4 Å².